The van der Waals surface area contributed by atoms with Gasteiger partial charge in [-0.3, -0.25) is 9.59 Å². The van der Waals surface area contributed by atoms with Crippen LogP contribution >= 0.6 is 15.8 Å². The molecule has 308 valence electrons. The summed E-state index contributed by atoms with van der Waals surface area (Å²) in [6.45, 7) is 24.4. The van der Waals surface area contributed by atoms with Gasteiger partial charge in [0, 0.05) is 39.0 Å². The molecule has 60 heavy (non-hydrogen) atoms. The maximum atomic E-state index is 9.53. The number of carboxylic acid groups (broad SMARTS) is 2. The number of hydrogen-bond acceptors (Lipinski definition) is 2. The molecule has 6 aromatic rings. The van der Waals surface area contributed by atoms with Crippen LogP contribution in [0.25, 0.3) is 0 Å². The summed E-state index contributed by atoms with van der Waals surface area (Å²) in [7, 11) is -0.892. The van der Waals surface area contributed by atoms with Crippen LogP contribution < -0.4 is 31.8 Å². The summed E-state index contributed by atoms with van der Waals surface area (Å²) < 4.78 is 30.0. The van der Waals surface area contributed by atoms with Gasteiger partial charge >= 0.3 is 57.1 Å². The Morgan fingerprint density at radius 1 is 0.383 bits per heavy atom. The van der Waals surface area contributed by atoms with Crippen LogP contribution in [0, 0.1) is 26.6 Å². The molecule has 8 nitrogen and oxygen atoms in total. The minimum Gasteiger partial charge on any atom is -0.0622 e. The molecule has 0 aromatic heterocycles. The maximum Gasteiger partial charge on any atom is 0 e. The molecule has 0 spiro atoms. The SMILES string of the molecule is C=CCC(=O)O.C=CCC(=O)O.[C-]#[O+].[C-]#[O+].[C-]#[O+].[C-]#[O+].[Ru].[Ru].c1ccc(P(c2ccccc2)c2ccccc2)cc1.c1ccc(P(c2ccccc2)c2ccccc2)cc1. The minimum atomic E-state index is -0.829. The third-order valence-corrected chi connectivity index (χ3v) is 11.6. The summed E-state index contributed by atoms with van der Waals surface area (Å²) >= 11 is 0. The van der Waals surface area contributed by atoms with Crippen molar-refractivity contribution in [2.75, 3.05) is 0 Å². The van der Waals surface area contributed by atoms with Crippen LogP contribution in [-0.2, 0) is 67.2 Å². The molecule has 0 heterocycles. The van der Waals surface area contributed by atoms with Gasteiger partial charge in [-0.15, -0.1) is 13.2 Å². The average molecular weight is 1010 g/mol. The van der Waals surface area contributed by atoms with Crippen molar-refractivity contribution in [1.82, 2.24) is 0 Å². The van der Waals surface area contributed by atoms with Crippen LogP contribution in [0.2, 0.25) is 0 Å². The summed E-state index contributed by atoms with van der Waals surface area (Å²) in [5.74, 6) is -1.66. The summed E-state index contributed by atoms with van der Waals surface area (Å²) in [5.41, 5.74) is 0. The Morgan fingerprint density at radius 2 is 0.517 bits per heavy atom. The average Bonchev–Trinajstić information content (AvgIpc) is 3.29. The van der Waals surface area contributed by atoms with E-state index in [1.807, 2.05) is 0 Å². The van der Waals surface area contributed by atoms with Gasteiger partial charge in [-0.1, -0.05) is 194 Å². The molecule has 0 saturated heterocycles. The Bertz CT molecular complexity index is 1680. The largest absolute Gasteiger partial charge is 0.0622 e. The third-order valence-electron chi connectivity index (χ3n) is 6.72. The van der Waals surface area contributed by atoms with Crippen molar-refractivity contribution in [2.24, 2.45) is 0 Å². The zero-order valence-electron chi connectivity index (χ0n) is 32.2. The molecular formula is C48H42O8P2Ru2. The molecule has 0 unspecified atom stereocenters. The summed E-state index contributed by atoms with van der Waals surface area (Å²) in [6, 6.07) is 64.7. The molecule has 0 radical (unpaired) electrons. The van der Waals surface area contributed by atoms with Crippen LogP contribution in [0.3, 0.4) is 0 Å². The number of carboxylic acids is 2. The van der Waals surface area contributed by atoms with Crippen molar-refractivity contribution < 1.29 is 77.4 Å². The summed E-state index contributed by atoms with van der Waals surface area (Å²) in [5, 5.41) is 24.1. The molecule has 0 aliphatic heterocycles. The number of aliphatic carboxylic acids is 2. The number of rotatable bonds is 10. The number of carbonyl (C=O) groups is 2. The molecule has 0 atom stereocenters. The van der Waals surface area contributed by atoms with Gasteiger partial charge in [-0.2, -0.15) is 0 Å². The van der Waals surface area contributed by atoms with Gasteiger partial charge in [0.05, 0.1) is 12.8 Å². The zero-order valence-corrected chi connectivity index (χ0v) is 37.5. The predicted molar refractivity (Wildman–Crippen MR) is 231 cm³/mol. The van der Waals surface area contributed by atoms with Gasteiger partial charge in [-0.05, 0) is 47.7 Å². The van der Waals surface area contributed by atoms with E-state index >= 15 is 0 Å². The van der Waals surface area contributed by atoms with E-state index in [-0.39, 0.29) is 51.8 Å². The Labute approximate surface area is 381 Å². The van der Waals surface area contributed by atoms with E-state index in [1.165, 1.54) is 44.0 Å². The van der Waals surface area contributed by atoms with Crippen molar-refractivity contribution in [2.45, 2.75) is 12.8 Å². The third kappa shape index (κ3) is 26.7. The van der Waals surface area contributed by atoms with E-state index < -0.39 is 27.8 Å². The smallest absolute Gasteiger partial charge is 0 e. The molecule has 12 heteroatoms. The normalized spacial score (nSPS) is 8.30. The zero-order chi connectivity index (χ0) is 43.8. The van der Waals surface area contributed by atoms with E-state index in [1.54, 1.807) is 0 Å². The standard InChI is InChI=1S/2C18H15P.2C4H6O2.4CO.2Ru/c2*1-4-10-16(11-5-1)19(17-12-6-2-7-13-17)18-14-8-3-9-15-18;2*1-2-3-4(5)6;4*1-2;;/h2*1-15H;2*2H,1,3H2,(H,5,6);;;;;;. The van der Waals surface area contributed by atoms with E-state index in [2.05, 4.69) is 222 Å². The quantitative estimate of drug-likeness (QED) is 0.0469. The molecule has 2 N–H and O–H groups in total. The first-order valence-electron chi connectivity index (χ1n) is 16.8. The van der Waals surface area contributed by atoms with Gasteiger partial charge < -0.3 is 10.2 Å². The second-order valence-corrected chi connectivity index (χ2v) is 14.9. The van der Waals surface area contributed by atoms with Crippen LogP contribution in [0.5, 0.6) is 0 Å². The summed E-state index contributed by atoms with van der Waals surface area (Å²) in [6.07, 6.45) is 2.81. The fourth-order valence-electron chi connectivity index (χ4n) is 4.60. The second kappa shape index (κ2) is 43.4. The Hall–Kier alpha value is -5.19. The van der Waals surface area contributed by atoms with Crippen LogP contribution in [-0.4, -0.2) is 22.2 Å². The molecule has 0 fully saturated rings. The molecule has 6 rings (SSSR count). The van der Waals surface area contributed by atoms with Crippen LogP contribution in [0.1, 0.15) is 12.8 Å². The van der Waals surface area contributed by atoms with Crippen molar-refractivity contribution in [3.05, 3.63) is 234 Å². The first kappa shape index (κ1) is 61.5. The molecule has 0 aliphatic rings. The molecule has 0 saturated carbocycles. The van der Waals surface area contributed by atoms with E-state index in [0.29, 0.717) is 0 Å². The molecule has 0 bridgehead atoms. The number of hydrogen-bond donors (Lipinski definition) is 2. The van der Waals surface area contributed by atoms with Gasteiger partial charge in [0.25, 0.3) is 0 Å². The van der Waals surface area contributed by atoms with E-state index in [9.17, 15) is 9.59 Å². The van der Waals surface area contributed by atoms with E-state index in [4.69, 9.17) is 28.8 Å². The minimum absolute atomic E-state index is 0. The van der Waals surface area contributed by atoms with Gasteiger partial charge in [-0.25, -0.2) is 0 Å². The molecular weight excluding hydrogens is 969 g/mol. The second-order valence-electron chi connectivity index (χ2n) is 10.5. The maximum absolute atomic E-state index is 9.53. The fraction of sp³-hybridized carbons (Fsp3) is 0.0417. The Kier molecular flexibility index (Phi) is 44.5. The summed E-state index contributed by atoms with van der Waals surface area (Å²) in [4.78, 5) is 19.1. The predicted octanol–water partition coefficient (Wildman–Crippen LogP) is 8.03. The molecule has 0 amide bonds. The monoisotopic (exact) mass is 1010 g/mol. The Balaban J connectivity index is -0.000000358. The van der Waals surface area contributed by atoms with Gasteiger partial charge in [0.1, 0.15) is 0 Å². The Morgan fingerprint density at radius 3 is 0.600 bits per heavy atom. The van der Waals surface area contributed by atoms with Gasteiger partial charge in [0.2, 0.25) is 0 Å². The first-order valence-corrected chi connectivity index (χ1v) is 19.5. The van der Waals surface area contributed by atoms with Gasteiger partial charge in [0.15, 0.2) is 0 Å². The van der Waals surface area contributed by atoms with Crippen molar-refractivity contribution in [1.29, 1.82) is 0 Å². The van der Waals surface area contributed by atoms with Crippen molar-refractivity contribution in [3.8, 4) is 0 Å². The van der Waals surface area contributed by atoms with Crippen LogP contribution in [0.4, 0.5) is 0 Å². The fourth-order valence-corrected chi connectivity index (χ4v) is 9.21. The van der Waals surface area contributed by atoms with Crippen molar-refractivity contribution in [3.63, 3.8) is 0 Å². The molecule has 0 aliphatic carbocycles. The van der Waals surface area contributed by atoms with E-state index in [0.717, 1.165) is 0 Å². The van der Waals surface area contributed by atoms with Crippen molar-refractivity contribution >= 4 is 59.6 Å². The first-order chi connectivity index (χ1) is 28.4. The van der Waals surface area contributed by atoms with Crippen LogP contribution in [0.15, 0.2) is 207 Å². The topological polar surface area (TPSA) is 154 Å². The molecule has 6 aromatic carbocycles. The number of benzene rings is 6.